The van der Waals surface area contributed by atoms with Gasteiger partial charge in [-0.2, -0.15) is 0 Å². The minimum Gasteiger partial charge on any atom is -0.381 e. The molecule has 0 saturated heterocycles. The number of hydrogen-bond acceptors (Lipinski definition) is 5. The van der Waals surface area contributed by atoms with Crippen LogP contribution in [0.2, 0.25) is 0 Å². The second-order valence-corrected chi connectivity index (χ2v) is 4.32. The fourth-order valence-corrected chi connectivity index (χ4v) is 1.38. The number of ether oxygens (including phenoxy) is 1. The van der Waals surface area contributed by atoms with Crippen LogP contribution in [0.5, 0.6) is 0 Å². The zero-order valence-electron chi connectivity index (χ0n) is 11.0. The van der Waals surface area contributed by atoms with Crippen LogP contribution in [0.15, 0.2) is 0 Å². The van der Waals surface area contributed by atoms with Crippen molar-refractivity contribution in [2.45, 2.75) is 52.7 Å². The third kappa shape index (κ3) is 5.74. The second kappa shape index (κ2) is 8.14. The fraction of sp³-hybridized carbons (Fsp3) is 0.909. The van der Waals surface area contributed by atoms with Crippen molar-refractivity contribution in [1.82, 2.24) is 25.5 Å². The van der Waals surface area contributed by atoms with E-state index in [-0.39, 0.29) is 0 Å². The maximum absolute atomic E-state index is 5.42. The largest absolute Gasteiger partial charge is 0.381 e. The molecule has 1 N–H and O–H groups in total. The van der Waals surface area contributed by atoms with E-state index in [1.807, 2.05) is 4.68 Å². The summed E-state index contributed by atoms with van der Waals surface area (Å²) < 4.78 is 7.26. The van der Waals surface area contributed by atoms with Gasteiger partial charge in [0.1, 0.15) is 0 Å². The fourth-order valence-electron chi connectivity index (χ4n) is 1.38. The lowest BCUT2D eigenvalue weighted by Gasteiger charge is -2.08. The molecule has 0 atom stereocenters. The molecule has 1 rings (SSSR count). The Morgan fingerprint density at radius 3 is 2.88 bits per heavy atom. The number of rotatable bonds is 9. The average molecular weight is 241 g/mol. The molecule has 1 aromatic rings. The standard InChI is InChI=1S/C11H23N5O/c1-4-7-17-8-5-6-16-11(13-14-15-16)9-12-10(2)3/h10,12H,4-9H2,1-3H3. The van der Waals surface area contributed by atoms with E-state index < -0.39 is 0 Å². The third-order valence-corrected chi connectivity index (χ3v) is 2.28. The summed E-state index contributed by atoms with van der Waals surface area (Å²) in [6.45, 7) is 9.44. The monoisotopic (exact) mass is 241 g/mol. The maximum atomic E-state index is 5.42. The highest BCUT2D eigenvalue weighted by Gasteiger charge is 2.05. The summed E-state index contributed by atoms with van der Waals surface area (Å²) >= 11 is 0. The van der Waals surface area contributed by atoms with E-state index in [1.165, 1.54) is 0 Å². The predicted octanol–water partition coefficient (Wildman–Crippen LogP) is 0.988. The topological polar surface area (TPSA) is 64.9 Å². The zero-order valence-corrected chi connectivity index (χ0v) is 11.0. The van der Waals surface area contributed by atoms with Crippen molar-refractivity contribution in [2.75, 3.05) is 13.2 Å². The molecule has 0 aromatic carbocycles. The Morgan fingerprint density at radius 1 is 1.35 bits per heavy atom. The molecule has 0 unspecified atom stereocenters. The van der Waals surface area contributed by atoms with E-state index in [0.717, 1.165) is 38.4 Å². The van der Waals surface area contributed by atoms with Gasteiger partial charge in [-0.25, -0.2) is 4.68 Å². The summed E-state index contributed by atoms with van der Waals surface area (Å²) in [6, 6.07) is 0.438. The lowest BCUT2D eigenvalue weighted by Crippen LogP contribution is -2.24. The highest BCUT2D eigenvalue weighted by molar-refractivity contribution is 4.80. The lowest BCUT2D eigenvalue weighted by atomic mass is 10.4. The van der Waals surface area contributed by atoms with Crippen LogP contribution in [-0.4, -0.2) is 39.5 Å². The first-order chi connectivity index (χ1) is 8.24. The van der Waals surface area contributed by atoms with Gasteiger partial charge in [-0.15, -0.1) is 5.10 Å². The van der Waals surface area contributed by atoms with Crippen LogP contribution < -0.4 is 5.32 Å². The van der Waals surface area contributed by atoms with E-state index >= 15 is 0 Å². The third-order valence-electron chi connectivity index (χ3n) is 2.28. The Labute approximate surface area is 103 Å². The van der Waals surface area contributed by atoms with Gasteiger partial charge in [-0.05, 0) is 23.3 Å². The Kier molecular flexibility index (Phi) is 6.73. The molecule has 0 radical (unpaired) electrons. The van der Waals surface area contributed by atoms with Crippen LogP contribution in [0.25, 0.3) is 0 Å². The molecule has 6 heteroatoms. The number of nitrogens with zero attached hydrogens (tertiary/aromatic N) is 4. The van der Waals surface area contributed by atoms with E-state index in [2.05, 4.69) is 41.6 Å². The number of tetrazole rings is 1. The molecule has 0 aliphatic heterocycles. The summed E-state index contributed by atoms with van der Waals surface area (Å²) in [4.78, 5) is 0. The van der Waals surface area contributed by atoms with Crippen molar-refractivity contribution in [3.63, 3.8) is 0 Å². The average Bonchev–Trinajstić information content (AvgIpc) is 2.73. The van der Waals surface area contributed by atoms with Gasteiger partial charge in [0.15, 0.2) is 5.82 Å². The van der Waals surface area contributed by atoms with Gasteiger partial charge in [-0.1, -0.05) is 20.8 Å². The normalized spacial score (nSPS) is 11.3. The Bertz CT molecular complexity index is 300. The number of aryl methyl sites for hydroxylation is 1. The Hall–Kier alpha value is -1.01. The van der Waals surface area contributed by atoms with Crippen LogP contribution in [0.3, 0.4) is 0 Å². The molecule has 98 valence electrons. The summed E-state index contributed by atoms with van der Waals surface area (Å²) in [7, 11) is 0. The molecule has 0 saturated carbocycles. The van der Waals surface area contributed by atoms with Gasteiger partial charge in [0, 0.05) is 25.8 Å². The van der Waals surface area contributed by atoms with E-state index in [9.17, 15) is 0 Å². The summed E-state index contributed by atoms with van der Waals surface area (Å²) in [5.74, 6) is 0.884. The molecule has 0 spiro atoms. The van der Waals surface area contributed by atoms with Gasteiger partial charge in [-0.3, -0.25) is 0 Å². The minimum atomic E-state index is 0.438. The van der Waals surface area contributed by atoms with Crippen LogP contribution >= 0.6 is 0 Å². The van der Waals surface area contributed by atoms with Crippen molar-refractivity contribution in [3.8, 4) is 0 Å². The number of hydrogen-bond donors (Lipinski definition) is 1. The predicted molar refractivity (Wildman–Crippen MR) is 65.5 cm³/mol. The van der Waals surface area contributed by atoms with Crippen molar-refractivity contribution >= 4 is 0 Å². The van der Waals surface area contributed by atoms with Gasteiger partial charge in [0.25, 0.3) is 0 Å². The molecule has 0 bridgehead atoms. The van der Waals surface area contributed by atoms with E-state index in [4.69, 9.17) is 4.74 Å². The first kappa shape index (κ1) is 14.1. The zero-order chi connectivity index (χ0) is 12.5. The molecule has 1 heterocycles. The van der Waals surface area contributed by atoms with Crippen molar-refractivity contribution in [3.05, 3.63) is 5.82 Å². The lowest BCUT2D eigenvalue weighted by molar-refractivity contribution is 0.128. The maximum Gasteiger partial charge on any atom is 0.165 e. The quantitative estimate of drug-likeness (QED) is 0.653. The Morgan fingerprint density at radius 2 is 2.18 bits per heavy atom. The molecule has 0 fully saturated rings. The van der Waals surface area contributed by atoms with Crippen molar-refractivity contribution in [2.24, 2.45) is 0 Å². The van der Waals surface area contributed by atoms with Crippen LogP contribution in [0.4, 0.5) is 0 Å². The van der Waals surface area contributed by atoms with Crippen LogP contribution in [0.1, 0.15) is 39.4 Å². The first-order valence-electron chi connectivity index (χ1n) is 6.30. The Balaban J connectivity index is 2.25. The molecule has 0 aliphatic carbocycles. The van der Waals surface area contributed by atoms with Gasteiger partial charge >= 0.3 is 0 Å². The highest BCUT2D eigenvalue weighted by atomic mass is 16.5. The van der Waals surface area contributed by atoms with E-state index in [0.29, 0.717) is 12.6 Å². The van der Waals surface area contributed by atoms with Gasteiger partial charge in [0.2, 0.25) is 0 Å². The summed E-state index contributed by atoms with van der Waals surface area (Å²) in [6.07, 6.45) is 2.01. The van der Waals surface area contributed by atoms with Crippen molar-refractivity contribution in [1.29, 1.82) is 0 Å². The van der Waals surface area contributed by atoms with Gasteiger partial charge in [0.05, 0.1) is 6.54 Å². The second-order valence-electron chi connectivity index (χ2n) is 4.32. The minimum absolute atomic E-state index is 0.438. The molecule has 0 aliphatic rings. The summed E-state index contributed by atoms with van der Waals surface area (Å²) in [5.41, 5.74) is 0. The van der Waals surface area contributed by atoms with Gasteiger partial charge < -0.3 is 10.1 Å². The molecule has 1 aromatic heterocycles. The van der Waals surface area contributed by atoms with E-state index in [1.54, 1.807) is 0 Å². The molecule has 6 nitrogen and oxygen atoms in total. The highest BCUT2D eigenvalue weighted by Crippen LogP contribution is 1.96. The molecule has 0 amide bonds. The first-order valence-corrected chi connectivity index (χ1v) is 6.30. The molecular formula is C11H23N5O. The smallest absolute Gasteiger partial charge is 0.165 e. The number of aromatic nitrogens is 4. The number of nitrogens with one attached hydrogen (secondary N) is 1. The SMILES string of the molecule is CCCOCCCn1nnnc1CNC(C)C. The van der Waals surface area contributed by atoms with Crippen molar-refractivity contribution < 1.29 is 4.74 Å². The molecular weight excluding hydrogens is 218 g/mol. The van der Waals surface area contributed by atoms with Crippen LogP contribution in [0, 0.1) is 0 Å². The molecule has 17 heavy (non-hydrogen) atoms. The summed E-state index contributed by atoms with van der Waals surface area (Å²) in [5, 5.41) is 15.0. The van der Waals surface area contributed by atoms with Crippen LogP contribution in [-0.2, 0) is 17.8 Å².